The van der Waals surface area contributed by atoms with Gasteiger partial charge in [-0.3, -0.25) is 0 Å². The molecule has 1 atom stereocenters. The van der Waals surface area contributed by atoms with Crippen molar-refractivity contribution < 1.29 is 5.11 Å². The Morgan fingerprint density at radius 2 is 2.18 bits per heavy atom. The number of aliphatic hydroxyl groups excluding tert-OH is 1. The van der Waals surface area contributed by atoms with E-state index in [1.165, 1.54) is 11.1 Å². The van der Waals surface area contributed by atoms with Crippen molar-refractivity contribution in [2.75, 3.05) is 0 Å². The molecule has 0 saturated heterocycles. The molecule has 0 amide bonds. The quantitative estimate of drug-likeness (QED) is 0.670. The Labute approximate surface area is 67.3 Å². The van der Waals surface area contributed by atoms with Gasteiger partial charge < -0.3 is 10.1 Å². The van der Waals surface area contributed by atoms with Crippen LogP contribution in [-0.2, 0) is 0 Å². The normalized spacial score (nSPS) is 13.5. The van der Waals surface area contributed by atoms with Gasteiger partial charge >= 0.3 is 0 Å². The second kappa shape index (κ2) is 3.09. The molecule has 0 fully saturated rings. The largest absolute Gasteiger partial charge is 0.387 e. The predicted octanol–water partition coefficient (Wildman–Crippen LogP) is 2.07. The average molecular weight is 153 g/mol. The third-order valence-corrected chi connectivity index (χ3v) is 2.16. The Bertz CT molecular complexity index is 240. The molecule has 0 bridgehead atoms. The number of aryl methyl sites for hydroxylation is 1. The standard InChI is InChI=1S/C9H15NO/c1-4-8(11)9-7(3)6(2)5-10-9/h5,8,10-11H,4H2,1-3H3/t8-/m0/s1. The lowest BCUT2D eigenvalue weighted by Crippen LogP contribution is -1.97. The van der Waals surface area contributed by atoms with Crippen LogP contribution in [0.1, 0.15) is 36.3 Å². The van der Waals surface area contributed by atoms with Gasteiger partial charge in [0, 0.05) is 11.9 Å². The molecule has 0 unspecified atom stereocenters. The van der Waals surface area contributed by atoms with Gasteiger partial charge in [-0.25, -0.2) is 0 Å². The van der Waals surface area contributed by atoms with Gasteiger partial charge in [0.05, 0.1) is 6.10 Å². The molecule has 11 heavy (non-hydrogen) atoms. The average Bonchev–Trinajstić information content (AvgIpc) is 2.32. The lowest BCUT2D eigenvalue weighted by atomic mass is 10.1. The highest BCUT2D eigenvalue weighted by Crippen LogP contribution is 2.20. The molecule has 0 aliphatic heterocycles. The molecule has 0 aliphatic carbocycles. The minimum atomic E-state index is -0.330. The van der Waals surface area contributed by atoms with Crippen LogP contribution in [0.4, 0.5) is 0 Å². The van der Waals surface area contributed by atoms with Crippen molar-refractivity contribution in [2.45, 2.75) is 33.3 Å². The third kappa shape index (κ3) is 1.46. The molecule has 2 N–H and O–H groups in total. The molecule has 0 radical (unpaired) electrons. The van der Waals surface area contributed by atoms with Gasteiger partial charge in [-0.1, -0.05) is 6.92 Å². The van der Waals surface area contributed by atoms with Crippen LogP contribution in [0, 0.1) is 13.8 Å². The Kier molecular flexibility index (Phi) is 2.35. The van der Waals surface area contributed by atoms with Gasteiger partial charge in [0.2, 0.25) is 0 Å². The first-order valence-corrected chi connectivity index (χ1v) is 3.99. The number of H-pyrrole nitrogens is 1. The minimum Gasteiger partial charge on any atom is -0.387 e. The summed E-state index contributed by atoms with van der Waals surface area (Å²) in [7, 11) is 0. The topological polar surface area (TPSA) is 36.0 Å². The molecule has 1 aromatic heterocycles. The number of hydrogen-bond donors (Lipinski definition) is 2. The van der Waals surface area contributed by atoms with Crippen LogP contribution in [0.3, 0.4) is 0 Å². The van der Waals surface area contributed by atoms with Crippen molar-refractivity contribution in [3.63, 3.8) is 0 Å². The van der Waals surface area contributed by atoms with Crippen LogP contribution in [0.25, 0.3) is 0 Å². The van der Waals surface area contributed by atoms with Gasteiger partial charge in [0.1, 0.15) is 0 Å². The van der Waals surface area contributed by atoms with Gasteiger partial charge in [-0.05, 0) is 31.4 Å². The van der Waals surface area contributed by atoms with Gasteiger partial charge in [0.15, 0.2) is 0 Å². The summed E-state index contributed by atoms with van der Waals surface area (Å²) in [4.78, 5) is 3.07. The lowest BCUT2D eigenvalue weighted by Gasteiger charge is -2.06. The Balaban J connectivity index is 2.94. The molecule has 0 aromatic carbocycles. The van der Waals surface area contributed by atoms with Crippen molar-refractivity contribution in [1.29, 1.82) is 0 Å². The van der Waals surface area contributed by atoms with Gasteiger partial charge in [-0.2, -0.15) is 0 Å². The second-order valence-corrected chi connectivity index (χ2v) is 2.93. The molecule has 0 saturated carbocycles. The van der Waals surface area contributed by atoms with Crippen LogP contribution < -0.4 is 0 Å². The number of rotatable bonds is 2. The molecule has 1 rings (SSSR count). The van der Waals surface area contributed by atoms with E-state index in [1.807, 2.05) is 27.0 Å². The first-order valence-electron chi connectivity index (χ1n) is 3.99. The highest BCUT2D eigenvalue weighted by Gasteiger charge is 2.10. The number of nitrogens with one attached hydrogen (secondary N) is 1. The summed E-state index contributed by atoms with van der Waals surface area (Å²) in [6.07, 6.45) is 2.37. The van der Waals surface area contributed by atoms with E-state index in [2.05, 4.69) is 4.98 Å². The number of hydrogen-bond acceptors (Lipinski definition) is 1. The highest BCUT2D eigenvalue weighted by atomic mass is 16.3. The maximum Gasteiger partial charge on any atom is 0.0937 e. The van der Waals surface area contributed by atoms with Crippen LogP contribution >= 0.6 is 0 Å². The maximum atomic E-state index is 9.49. The third-order valence-electron chi connectivity index (χ3n) is 2.16. The summed E-state index contributed by atoms with van der Waals surface area (Å²) in [5.74, 6) is 0. The fourth-order valence-corrected chi connectivity index (χ4v) is 1.17. The summed E-state index contributed by atoms with van der Waals surface area (Å²) in [5.41, 5.74) is 3.36. The Morgan fingerprint density at radius 1 is 1.55 bits per heavy atom. The number of aromatic nitrogens is 1. The van der Waals surface area contributed by atoms with Crippen molar-refractivity contribution in [1.82, 2.24) is 4.98 Å². The number of aliphatic hydroxyl groups is 1. The molecule has 2 heteroatoms. The summed E-state index contributed by atoms with van der Waals surface area (Å²) in [6.45, 7) is 6.04. The van der Waals surface area contributed by atoms with Crippen molar-refractivity contribution in [2.24, 2.45) is 0 Å². The van der Waals surface area contributed by atoms with E-state index in [-0.39, 0.29) is 6.10 Å². The van der Waals surface area contributed by atoms with Gasteiger partial charge in [0.25, 0.3) is 0 Å². The van der Waals surface area contributed by atoms with Crippen LogP contribution in [0.15, 0.2) is 6.20 Å². The molecule has 1 aromatic rings. The molecule has 2 nitrogen and oxygen atoms in total. The predicted molar refractivity (Wildman–Crippen MR) is 45.5 cm³/mol. The summed E-state index contributed by atoms with van der Waals surface area (Å²) < 4.78 is 0. The zero-order valence-electron chi connectivity index (χ0n) is 7.31. The zero-order valence-corrected chi connectivity index (χ0v) is 7.31. The van der Waals surface area contributed by atoms with E-state index >= 15 is 0 Å². The molecule has 0 spiro atoms. The monoisotopic (exact) mass is 153 g/mol. The van der Waals surface area contributed by atoms with E-state index in [1.54, 1.807) is 0 Å². The summed E-state index contributed by atoms with van der Waals surface area (Å²) in [6, 6.07) is 0. The lowest BCUT2D eigenvalue weighted by molar-refractivity contribution is 0.169. The van der Waals surface area contributed by atoms with E-state index in [0.717, 1.165) is 12.1 Å². The minimum absolute atomic E-state index is 0.330. The van der Waals surface area contributed by atoms with E-state index < -0.39 is 0 Å². The molecular formula is C9H15NO. The fraction of sp³-hybridized carbons (Fsp3) is 0.556. The van der Waals surface area contributed by atoms with E-state index in [4.69, 9.17) is 0 Å². The van der Waals surface area contributed by atoms with Crippen LogP contribution in [0.5, 0.6) is 0 Å². The number of aromatic amines is 1. The SMILES string of the molecule is CC[C@H](O)c1[nH]cc(C)c1C. The summed E-state index contributed by atoms with van der Waals surface area (Å²) >= 11 is 0. The molecular weight excluding hydrogens is 138 g/mol. The van der Waals surface area contributed by atoms with Gasteiger partial charge in [-0.15, -0.1) is 0 Å². The molecule has 1 heterocycles. The van der Waals surface area contributed by atoms with E-state index in [9.17, 15) is 5.11 Å². The smallest absolute Gasteiger partial charge is 0.0937 e. The van der Waals surface area contributed by atoms with Crippen molar-refractivity contribution in [3.8, 4) is 0 Å². The first kappa shape index (κ1) is 8.34. The highest BCUT2D eigenvalue weighted by molar-refractivity contribution is 5.29. The molecule has 0 aliphatic rings. The second-order valence-electron chi connectivity index (χ2n) is 2.93. The van der Waals surface area contributed by atoms with E-state index in [0.29, 0.717) is 0 Å². The van der Waals surface area contributed by atoms with Crippen LogP contribution in [-0.4, -0.2) is 10.1 Å². The van der Waals surface area contributed by atoms with Crippen LogP contribution in [0.2, 0.25) is 0 Å². The maximum absolute atomic E-state index is 9.49. The van der Waals surface area contributed by atoms with Crippen molar-refractivity contribution >= 4 is 0 Å². The molecule has 62 valence electrons. The Morgan fingerprint density at radius 3 is 2.55 bits per heavy atom. The Hall–Kier alpha value is -0.760. The van der Waals surface area contributed by atoms with Crippen molar-refractivity contribution in [3.05, 3.63) is 23.0 Å². The zero-order chi connectivity index (χ0) is 8.43. The first-order chi connectivity index (χ1) is 5.16. The fourth-order valence-electron chi connectivity index (χ4n) is 1.17. The summed E-state index contributed by atoms with van der Waals surface area (Å²) in [5, 5.41) is 9.49.